The van der Waals surface area contributed by atoms with Gasteiger partial charge in [-0.3, -0.25) is 14.9 Å². The number of benzene rings is 2. The number of rotatable bonds is 6. The molecule has 2 aromatic rings. The predicted molar refractivity (Wildman–Crippen MR) is 82.6 cm³/mol. The Kier molecular flexibility index (Phi) is 5.34. The molecule has 0 heterocycles. The van der Waals surface area contributed by atoms with Crippen LogP contribution < -0.4 is 5.32 Å². The van der Waals surface area contributed by atoms with Crippen molar-refractivity contribution in [1.29, 1.82) is 0 Å². The van der Waals surface area contributed by atoms with Crippen molar-refractivity contribution in [3.63, 3.8) is 0 Å². The van der Waals surface area contributed by atoms with Gasteiger partial charge in [-0.05, 0) is 18.2 Å². The van der Waals surface area contributed by atoms with Crippen LogP contribution >= 0.6 is 11.8 Å². The Morgan fingerprint density at radius 3 is 2.48 bits per heavy atom. The summed E-state index contributed by atoms with van der Waals surface area (Å²) < 4.78 is 0. The Balaban J connectivity index is 1.86. The number of nitro groups is 1. The molecule has 0 radical (unpaired) electrons. The van der Waals surface area contributed by atoms with Gasteiger partial charge in [0.05, 0.1) is 4.92 Å². The Labute approximate surface area is 126 Å². The van der Waals surface area contributed by atoms with Gasteiger partial charge in [0, 0.05) is 23.3 Å². The molecule has 2 rings (SSSR count). The average Bonchev–Trinajstić information content (AvgIpc) is 2.52. The summed E-state index contributed by atoms with van der Waals surface area (Å²) in [6, 6.07) is 15.8. The third kappa shape index (κ3) is 4.32. The number of carbonyl (C=O) groups is 1. The molecule has 1 N–H and O–H groups in total. The lowest BCUT2D eigenvalue weighted by atomic mass is 10.1. The molecule has 108 valence electrons. The van der Waals surface area contributed by atoms with Crippen LogP contribution in [0.25, 0.3) is 0 Å². The molecule has 0 fully saturated rings. The van der Waals surface area contributed by atoms with Gasteiger partial charge in [-0.15, -0.1) is 11.8 Å². The minimum absolute atomic E-state index is 0.0900. The fourth-order valence-corrected chi connectivity index (χ4v) is 2.56. The number of nitrogens with zero attached hydrogens (tertiary/aromatic N) is 1. The lowest BCUT2D eigenvalue weighted by molar-refractivity contribution is -0.385. The number of hydrogen-bond donors (Lipinski definition) is 1. The molecule has 0 spiro atoms. The van der Waals surface area contributed by atoms with E-state index in [2.05, 4.69) is 5.32 Å². The van der Waals surface area contributed by atoms with E-state index in [0.29, 0.717) is 12.3 Å². The van der Waals surface area contributed by atoms with Crippen molar-refractivity contribution < 1.29 is 9.72 Å². The normalized spacial score (nSPS) is 10.1. The Bertz CT molecular complexity index is 632. The number of carbonyl (C=O) groups excluding carboxylic acids is 1. The summed E-state index contributed by atoms with van der Waals surface area (Å²) in [7, 11) is 0. The van der Waals surface area contributed by atoms with Crippen molar-refractivity contribution in [3.05, 3.63) is 70.3 Å². The van der Waals surface area contributed by atoms with Gasteiger partial charge in [-0.25, -0.2) is 0 Å². The zero-order valence-electron chi connectivity index (χ0n) is 11.2. The first-order valence-corrected chi connectivity index (χ1v) is 7.36. The van der Waals surface area contributed by atoms with Gasteiger partial charge >= 0.3 is 0 Å². The summed E-state index contributed by atoms with van der Waals surface area (Å²) in [5.41, 5.74) is -0.0853. The quantitative estimate of drug-likeness (QED) is 0.385. The largest absolute Gasteiger partial charge is 0.351 e. The highest BCUT2D eigenvalue weighted by molar-refractivity contribution is 7.99. The third-order valence-electron chi connectivity index (χ3n) is 2.74. The molecular formula is C15H14N2O3S. The molecule has 0 bridgehead atoms. The molecule has 5 nitrogen and oxygen atoms in total. The maximum atomic E-state index is 12.0. The van der Waals surface area contributed by atoms with Gasteiger partial charge in [-0.2, -0.15) is 0 Å². The summed E-state index contributed by atoms with van der Waals surface area (Å²) in [6.45, 7) is 0.449. The van der Waals surface area contributed by atoms with E-state index in [1.54, 1.807) is 23.9 Å². The smallest absolute Gasteiger partial charge is 0.282 e. The first-order valence-electron chi connectivity index (χ1n) is 6.38. The summed E-state index contributed by atoms with van der Waals surface area (Å²) >= 11 is 1.62. The molecule has 0 aromatic heterocycles. The fourth-order valence-electron chi connectivity index (χ4n) is 1.77. The van der Waals surface area contributed by atoms with Crippen LogP contribution in [0, 0.1) is 10.1 Å². The molecule has 0 saturated heterocycles. The van der Waals surface area contributed by atoms with Crippen LogP contribution in [0.5, 0.6) is 0 Å². The van der Waals surface area contributed by atoms with E-state index in [-0.39, 0.29) is 11.3 Å². The number of amides is 1. The highest BCUT2D eigenvalue weighted by atomic mass is 32.2. The van der Waals surface area contributed by atoms with Crippen molar-refractivity contribution in [2.75, 3.05) is 12.3 Å². The van der Waals surface area contributed by atoms with Crippen molar-refractivity contribution in [2.24, 2.45) is 0 Å². The van der Waals surface area contributed by atoms with E-state index < -0.39 is 10.8 Å². The van der Waals surface area contributed by atoms with Crippen LogP contribution in [-0.4, -0.2) is 23.1 Å². The molecule has 0 aliphatic heterocycles. The molecule has 1 amide bonds. The van der Waals surface area contributed by atoms with E-state index in [1.165, 1.54) is 12.1 Å². The molecular weight excluding hydrogens is 288 g/mol. The van der Waals surface area contributed by atoms with Crippen molar-refractivity contribution in [2.45, 2.75) is 4.90 Å². The zero-order valence-corrected chi connectivity index (χ0v) is 12.0. The monoisotopic (exact) mass is 302 g/mol. The van der Waals surface area contributed by atoms with Crippen LogP contribution in [-0.2, 0) is 0 Å². The predicted octanol–water partition coefficient (Wildman–Crippen LogP) is 3.12. The second-order valence-corrected chi connectivity index (χ2v) is 5.36. The molecule has 21 heavy (non-hydrogen) atoms. The molecule has 2 aromatic carbocycles. The van der Waals surface area contributed by atoms with Gasteiger partial charge in [0.1, 0.15) is 5.56 Å². The van der Waals surface area contributed by atoms with E-state index in [0.717, 1.165) is 4.90 Å². The number of hydrogen-bond acceptors (Lipinski definition) is 4. The van der Waals surface area contributed by atoms with Gasteiger partial charge in [0.25, 0.3) is 11.6 Å². The highest BCUT2D eigenvalue weighted by Crippen LogP contribution is 2.18. The Hall–Kier alpha value is -2.34. The summed E-state index contributed by atoms with van der Waals surface area (Å²) in [5, 5.41) is 13.6. The van der Waals surface area contributed by atoms with Gasteiger partial charge in [0.15, 0.2) is 0 Å². The van der Waals surface area contributed by atoms with Crippen molar-refractivity contribution in [3.8, 4) is 0 Å². The van der Waals surface area contributed by atoms with Gasteiger partial charge in [0.2, 0.25) is 0 Å². The van der Waals surface area contributed by atoms with Crippen LogP contribution in [0.4, 0.5) is 5.69 Å². The second-order valence-electron chi connectivity index (χ2n) is 4.19. The van der Waals surface area contributed by atoms with E-state index in [9.17, 15) is 14.9 Å². The lowest BCUT2D eigenvalue weighted by Crippen LogP contribution is -2.26. The Morgan fingerprint density at radius 1 is 1.10 bits per heavy atom. The minimum atomic E-state index is -0.548. The fraction of sp³-hybridized carbons (Fsp3) is 0.133. The topological polar surface area (TPSA) is 72.2 Å². The maximum absolute atomic E-state index is 12.0. The molecule has 0 atom stereocenters. The van der Waals surface area contributed by atoms with Crippen LogP contribution in [0.3, 0.4) is 0 Å². The standard InChI is InChI=1S/C15H14N2O3S/c18-15(13-8-4-5-9-14(13)17(19)20)16-10-11-21-12-6-2-1-3-7-12/h1-9H,10-11H2,(H,16,18). The average molecular weight is 302 g/mol. The first kappa shape index (κ1) is 15.1. The summed E-state index contributed by atoms with van der Waals surface area (Å²) in [5.74, 6) is 0.284. The number of nitrogens with one attached hydrogen (secondary N) is 1. The number of thioether (sulfide) groups is 1. The highest BCUT2D eigenvalue weighted by Gasteiger charge is 2.18. The number of para-hydroxylation sites is 1. The Morgan fingerprint density at radius 2 is 1.76 bits per heavy atom. The van der Waals surface area contributed by atoms with Crippen molar-refractivity contribution in [1.82, 2.24) is 5.32 Å². The number of nitro benzene ring substituents is 1. The summed E-state index contributed by atoms with van der Waals surface area (Å²) in [4.78, 5) is 23.4. The molecule has 0 aliphatic carbocycles. The van der Waals surface area contributed by atoms with Crippen LogP contribution in [0.2, 0.25) is 0 Å². The van der Waals surface area contributed by atoms with E-state index >= 15 is 0 Å². The zero-order chi connectivity index (χ0) is 15.1. The van der Waals surface area contributed by atoms with Crippen LogP contribution in [0.15, 0.2) is 59.5 Å². The molecule has 0 aliphatic rings. The molecule has 0 saturated carbocycles. The van der Waals surface area contributed by atoms with Crippen molar-refractivity contribution >= 4 is 23.4 Å². The van der Waals surface area contributed by atoms with E-state index in [1.807, 2.05) is 30.3 Å². The van der Waals surface area contributed by atoms with Crippen LogP contribution in [0.1, 0.15) is 10.4 Å². The van der Waals surface area contributed by atoms with E-state index in [4.69, 9.17) is 0 Å². The minimum Gasteiger partial charge on any atom is -0.351 e. The summed E-state index contributed by atoms with van der Waals surface area (Å²) in [6.07, 6.45) is 0. The molecule has 0 unspecified atom stereocenters. The molecule has 6 heteroatoms. The lowest BCUT2D eigenvalue weighted by Gasteiger charge is -2.05. The second kappa shape index (κ2) is 7.44. The SMILES string of the molecule is O=C(NCCSc1ccccc1)c1ccccc1[N+](=O)[O-]. The third-order valence-corrected chi connectivity index (χ3v) is 3.76. The maximum Gasteiger partial charge on any atom is 0.282 e. The van der Waals surface area contributed by atoms with Gasteiger partial charge < -0.3 is 5.32 Å². The first-order chi connectivity index (χ1) is 10.2. The van der Waals surface area contributed by atoms with Gasteiger partial charge in [-0.1, -0.05) is 30.3 Å².